The Labute approximate surface area is 154 Å². The monoisotopic (exact) mass is 351 g/mol. The van der Waals surface area contributed by atoms with Crippen molar-refractivity contribution in [2.24, 2.45) is 11.3 Å². The van der Waals surface area contributed by atoms with Gasteiger partial charge >= 0.3 is 0 Å². The predicted molar refractivity (Wildman–Crippen MR) is 99.8 cm³/mol. The van der Waals surface area contributed by atoms with Crippen molar-refractivity contribution < 1.29 is 9.53 Å². The van der Waals surface area contributed by atoms with E-state index in [0.29, 0.717) is 24.6 Å². The average molecular weight is 351 g/mol. The van der Waals surface area contributed by atoms with Crippen molar-refractivity contribution in [2.75, 3.05) is 32.8 Å². The van der Waals surface area contributed by atoms with Crippen molar-refractivity contribution in [3.63, 3.8) is 0 Å². The maximum absolute atomic E-state index is 12.4. The number of likely N-dealkylation sites (tertiary alicyclic amines) is 1. The molecule has 4 rings (SSSR count). The molecule has 1 aromatic heterocycles. The summed E-state index contributed by atoms with van der Waals surface area (Å²) >= 11 is 0. The molecule has 26 heavy (non-hydrogen) atoms. The lowest BCUT2D eigenvalue weighted by Gasteiger charge is -2.27. The highest BCUT2D eigenvalue weighted by atomic mass is 16.5. The molecule has 0 saturated carbocycles. The van der Waals surface area contributed by atoms with Crippen LogP contribution >= 0.6 is 0 Å². The molecule has 5 heteroatoms. The molecule has 3 heterocycles. The van der Waals surface area contributed by atoms with Gasteiger partial charge in [0.15, 0.2) is 0 Å². The van der Waals surface area contributed by atoms with Gasteiger partial charge in [-0.05, 0) is 31.2 Å². The lowest BCUT2D eigenvalue weighted by molar-refractivity contribution is 0.0904. The summed E-state index contributed by atoms with van der Waals surface area (Å²) in [5.74, 6) is 0.452. The van der Waals surface area contributed by atoms with Gasteiger partial charge in [-0.2, -0.15) is 0 Å². The molecule has 1 amide bonds. The summed E-state index contributed by atoms with van der Waals surface area (Å²) in [7, 11) is 0. The smallest absolute Gasteiger partial charge is 0.251 e. The number of carbonyl (C=O) groups excluding carboxylic acids is 1. The first-order valence-electron chi connectivity index (χ1n) is 9.21. The fourth-order valence-corrected chi connectivity index (χ4v) is 4.18. The van der Waals surface area contributed by atoms with E-state index in [-0.39, 0.29) is 11.3 Å². The van der Waals surface area contributed by atoms with Crippen LogP contribution in [-0.4, -0.2) is 48.6 Å². The van der Waals surface area contributed by atoms with Crippen LogP contribution in [0.15, 0.2) is 48.5 Å². The zero-order valence-corrected chi connectivity index (χ0v) is 15.1. The molecular weight excluding hydrogens is 326 g/mol. The first-order valence-corrected chi connectivity index (χ1v) is 9.21. The highest BCUT2D eigenvalue weighted by Gasteiger charge is 2.50. The van der Waals surface area contributed by atoms with Gasteiger partial charge in [-0.25, -0.2) is 0 Å². The number of aryl methyl sites for hydroxylation is 1. The lowest BCUT2D eigenvalue weighted by Crippen LogP contribution is -2.43. The Hall–Kier alpha value is -2.24. The molecule has 0 spiro atoms. The minimum atomic E-state index is -0.00979. The first-order chi connectivity index (χ1) is 12.6. The third kappa shape index (κ3) is 3.50. The van der Waals surface area contributed by atoms with E-state index < -0.39 is 0 Å². The van der Waals surface area contributed by atoms with Crippen molar-refractivity contribution in [3.05, 3.63) is 65.5 Å². The highest BCUT2D eigenvalue weighted by Crippen LogP contribution is 2.41. The molecule has 5 nitrogen and oxygen atoms in total. The molecule has 1 N–H and O–H groups in total. The third-order valence-corrected chi connectivity index (χ3v) is 5.56. The van der Waals surface area contributed by atoms with E-state index in [0.717, 1.165) is 37.6 Å². The van der Waals surface area contributed by atoms with Crippen molar-refractivity contribution in [1.29, 1.82) is 0 Å². The van der Waals surface area contributed by atoms with Crippen molar-refractivity contribution in [3.8, 4) is 0 Å². The number of fused-ring (bicyclic) bond motifs is 1. The molecule has 0 aliphatic carbocycles. The Morgan fingerprint density at radius 3 is 2.92 bits per heavy atom. The largest absolute Gasteiger partial charge is 0.380 e. The number of pyridine rings is 1. The van der Waals surface area contributed by atoms with Gasteiger partial charge in [0.05, 0.1) is 18.9 Å². The van der Waals surface area contributed by atoms with Crippen LogP contribution in [0, 0.1) is 18.3 Å². The summed E-state index contributed by atoms with van der Waals surface area (Å²) < 4.78 is 5.78. The molecule has 2 aromatic rings. The average Bonchev–Trinajstić information content (AvgIpc) is 3.17. The van der Waals surface area contributed by atoms with E-state index in [4.69, 9.17) is 4.74 Å². The van der Waals surface area contributed by atoms with Crippen molar-refractivity contribution >= 4 is 5.91 Å². The highest BCUT2D eigenvalue weighted by molar-refractivity contribution is 5.94. The quantitative estimate of drug-likeness (QED) is 0.898. The molecule has 0 radical (unpaired) electrons. The Kier molecular flexibility index (Phi) is 4.74. The fraction of sp³-hybridized carbons (Fsp3) is 0.429. The first kappa shape index (κ1) is 17.2. The lowest BCUT2D eigenvalue weighted by atomic mass is 9.81. The maximum Gasteiger partial charge on any atom is 0.251 e. The Bertz CT molecular complexity index is 780. The van der Waals surface area contributed by atoms with Gasteiger partial charge < -0.3 is 10.1 Å². The van der Waals surface area contributed by atoms with Crippen LogP contribution in [0.3, 0.4) is 0 Å². The van der Waals surface area contributed by atoms with Crippen LogP contribution in [-0.2, 0) is 11.3 Å². The molecule has 0 bridgehead atoms. The minimum absolute atomic E-state index is 0.00820. The molecule has 136 valence electrons. The van der Waals surface area contributed by atoms with Crippen molar-refractivity contribution in [2.45, 2.75) is 13.5 Å². The van der Waals surface area contributed by atoms with Crippen LogP contribution in [0.5, 0.6) is 0 Å². The number of hydrogen-bond acceptors (Lipinski definition) is 4. The molecule has 2 aliphatic heterocycles. The molecule has 2 atom stereocenters. The minimum Gasteiger partial charge on any atom is -0.380 e. The van der Waals surface area contributed by atoms with Gasteiger partial charge in [-0.1, -0.05) is 24.3 Å². The number of ether oxygens (including phenoxy) is 1. The second-order valence-corrected chi connectivity index (χ2v) is 7.56. The van der Waals surface area contributed by atoms with E-state index >= 15 is 0 Å². The summed E-state index contributed by atoms with van der Waals surface area (Å²) in [5.41, 5.74) is 2.87. The number of hydrogen-bond donors (Lipinski definition) is 1. The molecule has 1 aromatic carbocycles. The standard InChI is InChI=1S/C21H25N3O2/c1-16-6-5-9-19(23-16)11-24-10-18-12-26-15-21(18,14-24)13-22-20(25)17-7-3-2-4-8-17/h2-9,18H,10-15H2,1H3,(H,22,25)/t18-,21+/m1/s1. The summed E-state index contributed by atoms with van der Waals surface area (Å²) in [6.07, 6.45) is 0. The summed E-state index contributed by atoms with van der Waals surface area (Å²) in [4.78, 5) is 19.5. The summed E-state index contributed by atoms with van der Waals surface area (Å²) in [5, 5.41) is 3.14. The predicted octanol–water partition coefficient (Wildman–Crippen LogP) is 2.27. The molecular formula is C21H25N3O2. The molecule has 2 saturated heterocycles. The SMILES string of the molecule is Cc1cccc(CN2C[C@@H]3COC[C@]3(CNC(=O)c3ccccc3)C2)n1. The summed E-state index contributed by atoms with van der Waals surface area (Å²) in [6.45, 7) is 6.95. The van der Waals surface area contributed by atoms with Gasteiger partial charge in [0.25, 0.3) is 5.91 Å². The topological polar surface area (TPSA) is 54.5 Å². The Balaban J connectivity index is 1.41. The van der Waals surface area contributed by atoms with Crippen LogP contribution in [0.1, 0.15) is 21.7 Å². The molecule has 0 unspecified atom stereocenters. The zero-order valence-electron chi connectivity index (χ0n) is 15.1. The number of aromatic nitrogens is 1. The van der Waals surface area contributed by atoms with Gasteiger partial charge in [0.1, 0.15) is 0 Å². The number of rotatable bonds is 5. The number of benzene rings is 1. The van der Waals surface area contributed by atoms with Crippen LogP contribution < -0.4 is 5.32 Å². The van der Waals surface area contributed by atoms with Gasteiger partial charge in [0.2, 0.25) is 0 Å². The second kappa shape index (κ2) is 7.17. The number of nitrogens with zero attached hydrogens (tertiary/aromatic N) is 2. The van der Waals surface area contributed by atoms with Gasteiger partial charge in [0, 0.05) is 48.8 Å². The van der Waals surface area contributed by atoms with E-state index in [1.54, 1.807) is 0 Å². The van der Waals surface area contributed by atoms with E-state index in [2.05, 4.69) is 27.3 Å². The van der Waals surface area contributed by atoms with E-state index in [9.17, 15) is 4.79 Å². The van der Waals surface area contributed by atoms with Gasteiger partial charge in [-0.3, -0.25) is 14.7 Å². The fourth-order valence-electron chi connectivity index (χ4n) is 4.18. The van der Waals surface area contributed by atoms with E-state index in [1.807, 2.05) is 43.3 Å². The Morgan fingerprint density at radius 2 is 2.12 bits per heavy atom. The van der Waals surface area contributed by atoms with Crippen LogP contribution in [0.4, 0.5) is 0 Å². The number of amides is 1. The van der Waals surface area contributed by atoms with Crippen LogP contribution in [0.25, 0.3) is 0 Å². The summed E-state index contributed by atoms with van der Waals surface area (Å²) in [6, 6.07) is 15.6. The van der Waals surface area contributed by atoms with Crippen LogP contribution in [0.2, 0.25) is 0 Å². The molecule has 2 fully saturated rings. The normalized spacial score (nSPS) is 25.2. The Morgan fingerprint density at radius 1 is 1.27 bits per heavy atom. The molecule has 2 aliphatic rings. The second-order valence-electron chi connectivity index (χ2n) is 7.56. The van der Waals surface area contributed by atoms with E-state index in [1.165, 1.54) is 0 Å². The zero-order chi connectivity index (χ0) is 18.0. The van der Waals surface area contributed by atoms with Crippen molar-refractivity contribution in [1.82, 2.24) is 15.2 Å². The van der Waals surface area contributed by atoms with Gasteiger partial charge in [-0.15, -0.1) is 0 Å². The third-order valence-electron chi connectivity index (χ3n) is 5.56. The number of nitrogens with one attached hydrogen (secondary N) is 1. The maximum atomic E-state index is 12.4. The number of carbonyl (C=O) groups is 1.